The number of β-lactam (4-membered cyclic amide) rings is 1. The number of carbonyl (C=O) groups is 2. The maximum atomic E-state index is 12.7. The average Bonchev–Trinajstić information content (AvgIpc) is 2.63. The molecular formula is C19H27N3O4S. The number of amides is 2. The lowest BCUT2D eigenvalue weighted by Crippen LogP contribution is -2.67. The van der Waals surface area contributed by atoms with Crippen molar-refractivity contribution >= 4 is 30.1 Å². The van der Waals surface area contributed by atoms with Gasteiger partial charge in [0.05, 0.1) is 10.8 Å². The van der Waals surface area contributed by atoms with Gasteiger partial charge in [-0.1, -0.05) is 26.0 Å². The number of non-ortho nitro benzene ring substituents is 1. The molecule has 1 aromatic rings. The Morgan fingerprint density at radius 2 is 1.93 bits per heavy atom. The van der Waals surface area contributed by atoms with Gasteiger partial charge in [-0.2, -0.15) is 12.6 Å². The molecule has 2 rings (SSSR count). The molecule has 7 nitrogen and oxygen atoms in total. The van der Waals surface area contributed by atoms with Gasteiger partial charge in [0, 0.05) is 42.9 Å². The van der Waals surface area contributed by atoms with E-state index >= 15 is 0 Å². The lowest BCUT2D eigenvalue weighted by molar-refractivity contribution is -0.384. The molecule has 0 spiro atoms. The third-order valence-corrected chi connectivity index (χ3v) is 5.73. The molecule has 0 radical (unpaired) electrons. The highest BCUT2D eigenvalue weighted by Crippen LogP contribution is 2.36. The van der Waals surface area contributed by atoms with Crippen LogP contribution in [0.2, 0.25) is 0 Å². The predicted molar refractivity (Wildman–Crippen MR) is 107 cm³/mol. The van der Waals surface area contributed by atoms with E-state index < -0.39 is 4.92 Å². The van der Waals surface area contributed by atoms with Crippen LogP contribution in [0.25, 0.3) is 0 Å². The van der Waals surface area contributed by atoms with E-state index in [0.717, 1.165) is 18.4 Å². The van der Waals surface area contributed by atoms with E-state index in [0.29, 0.717) is 13.0 Å². The van der Waals surface area contributed by atoms with Crippen molar-refractivity contribution in [3.05, 3.63) is 39.9 Å². The summed E-state index contributed by atoms with van der Waals surface area (Å²) in [5.74, 6) is 0.0188. The number of nitrogens with zero attached hydrogens (tertiary/aromatic N) is 2. The summed E-state index contributed by atoms with van der Waals surface area (Å²) < 4.78 is 0. The molecule has 27 heavy (non-hydrogen) atoms. The fourth-order valence-corrected chi connectivity index (χ4v) is 4.11. The second-order valence-corrected chi connectivity index (χ2v) is 7.60. The van der Waals surface area contributed by atoms with Crippen LogP contribution >= 0.6 is 12.6 Å². The van der Waals surface area contributed by atoms with Crippen LogP contribution in [-0.2, 0) is 16.0 Å². The van der Waals surface area contributed by atoms with Crippen LogP contribution in [-0.4, -0.2) is 45.5 Å². The summed E-state index contributed by atoms with van der Waals surface area (Å²) in [6.07, 6.45) is 2.20. The van der Waals surface area contributed by atoms with E-state index in [4.69, 9.17) is 0 Å². The quantitative estimate of drug-likeness (QED) is 0.292. The van der Waals surface area contributed by atoms with Crippen LogP contribution in [0.4, 0.5) is 5.69 Å². The minimum Gasteiger partial charge on any atom is -0.355 e. The molecule has 2 amide bonds. The van der Waals surface area contributed by atoms with Crippen molar-refractivity contribution in [2.24, 2.45) is 5.92 Å². The number of likely N-dealkylation sites (tertiary alicyclic amines) is 1. The molecule has 1 saturated heterocycles. The monoisotopic (exact) mass is 393 g/mol. The molecule has 1 aromatic carbocycles. The Morgan fingerprint density at radius 1 is 1.30 bits per heavy atom. The Balaban J connectivity index is 2.22. The summed E-state index contributed by atoms with van der Waals surface area (Å²) in [6, 6.07) is 6.34. The van der Waals surface area contributed by atoms with E-state index in [1.165, 1.54) is 19.1 Å². The molecule has 8 heteroatoms. The van der Waals surface area contributed by atoms with Gasteiger partial charge < -0.3 is 10.2 Å². The van der Waals surface area contributed by atoms with Crippen molar-refractivity contribution in [1.29, 1.82) is 0 Å². The molecular weight excluding hydrogens is 366 g/mol. The first kappa shape index (κ1) is 21.2. The number of nitrogens with one attached hydrogen (secondary N) is 1. The Morgan fingerprint density at radius 3 is 2.41 bits per heavy atom. The Labute approximate surface area is 165 Å². The van der Waals surface area contributed by atoms with Gasteiger partial charge in [0.25, 0.3) is 5.69 Å². The van der Waals surface area contributed by atoms with Gasteiger partial charge in [0.2, 0.25) is 11.8 Å². The van der Waals surface area contributed by atoms with Crippen molar-refractivity contribution < 1.29 is 14.5 Å². The molecule has 0 aromatic heterocycles. The van der Waals surface area contributed by atoms with Gasteiger partial charge in [-0.15, -0.1) is 0 Å². The molecule has 0 saturated carbocycles. The number of rotatable bonds is 9. The highest BCUT2D eigenvalue weighted by atomic mass is 32.1. The fourth-order valence-electron chi connectivity index (χ4n) is 3.77. The number of carbonyl (C=O) groups excluding carboxylic acids is 2. The molecule has 1 aliphatic rings. The first-order chi connectivity index (χ1) is 12.8. The molecule has 1 N–H and O–H groups in total. The van der Waals surface area contributed by atoms with Gasteiger partial charge in [0.1, 0.15) is 0 Å². The molecule has 0 bridgehead atoms. The summed E-state index contributed by atoms with van der Waals surface area (Å²) in [5, 5.41) is 13.4. The minimum absolute atomic E-state index is 0.0356. The van der Waals surface area contributed by atoms with Crippen molar-refractivity contribution in [3.8, 4) is 0 Å². The Bertz CT molecular complexity index is 695. The summed E-state index contributed by atoms with van der Waals surface area (Å²) in [4.78, 5) is 36.3. The largest absolute Gasteiger partial charge is 0.355 e. The smallest absolute Gasteiger partial charge is 0.269 e. The van der Waals surface area contributed by atoms with Gasteiger partial charge in [-0.25, -0.2) is 0 Å². The van der Waals surface area contributed by atoms with Crippen LogP contribution < -0.4 is 5.32 Å². The third kappa shape index (κ3) is 4.80. The lowest BCUT2D eigenvalue weighted by atomic mass is 9.80. The van der Waals surface area contributed by atoms with E-state index in [1.807, 2.05) is 11.8 Å². The molecule has 4 atom stereocenters. The van der Waals surface area contributed by atoms with Gasteiger partial charge in [-0.3, -0.25) is 19.7 Å². The average molecular weight is 394 g/mol. The molecule has 1 fully saturated rings. The number of benzene rings is 1. The highest BCUT2D eigenvalue weighted by molar-refractivity contribution is 7.81. The standard InChI is InChI=1S/C19H27N3O4S/c1-4-15-16(5-2)21(19(15)24)17(18(27)11-20-12(3)23)10-13-6-8-14(9-7-13)22(25)26/h6-9,15-18,27H,4-5,10-11H2,1-3H3,(H,20,23)/t15?,16-,17?,18?/m1/s1. The van der Waals surface area contributed by atoms with Crippen molar-refractivity contribution in [2.45, 2.75) is 57.4 Å². The maximum absolute atomic E-state index is 12.7. The Hall–Kier alpha value is -2.09. The molecule has 148 valence electrons. The summed E-state index contributed by atoms with van der Waals surface area (Å²) in [7, 11) is 0. The zero-order valence-corrected chi connectivity index (χ0v) is 16.8. The zero-order chi connectivity index (χ0) is 20.1. The normalized spacial score (nSPS) is 21.3. The molecule has 1 heterocycles. The first-order valence-corrected chi connectivity index (χ1v) is 9.79. The predicted octanol–water partition coefficient (Wildman–Crippen LogP) is 2.59. The van der Waals surface area contributed by atoms with E-state index in [1.54, 1.807) is 12.1 Å². The topological polar surface area (TPSA) is 92.6 Å². The Kier molecular flexibility index (Phi) is 7.24. The number of nitro benzene ring substituents is 1. The van der Waals surface area contributed by atoms with Crippen molar-refractivity contribution in [1.82, 2.24) is 10.2 Å². The molecule has 3 unspecified atom stereocenters. The van der Waals surface area contributed by atoms with Crippen LogP contribution in [0.1, 0.15) is 39.2 Å². The third-order valence-electron chi connectivity index (χ3n) is 5.21. The second kappa shape index (κ2) is 9.21. The number of nitro groups is 1. The number of hydrogen-bond donors (Lipinski definition) is 2. The second-order valence-electron chi connectivity index (χ2n) is 6.94. The number of hydrogen-bond acceptors (Lipinski definition) is 5. The van der Waals surface area contributed by atoms with Gasteiger partial charge in [0.15, 0.2) is 0 Å². The van der Waals surface area contributed by atoms with Crippen molar-refractivity contribution in [2.75, 3.05) is 6.54 Å². The summed E-state index contributed by atoms with van der Waals surface area (Å²) >= 11 is 4.67. The van der Waals surface area contributed by atoms with Crippen molar-refractivity contribution in [3.63, 3.8) is 0 Å². The van der Waals surface area contributed by atoms with Crippen LogP contribution in [0.3, 0.4) is 0 Å². The first-order valence-electron chi connectivity index (χ1n) is 9.28. The van der Waals surface area contributed by atoms with Crippen LogP contribution in [0.15, 0.2) is 24.3 Å². The summed E-state index contributed by atoms with van der Waals surface area (Å²) in [6.45, 7) is 5.89. The van der Waals surface area contributed by atoms with Gasteiger partial charge >= 0.3 is 0 Å². The minimum atomic E-state index is -0.433. The molecule has 1 aliphatic heterocycles. The number of thiol groups is 1. The lowest BCUT2D eigenvalue weighted by Gasteiger charge is -2.52. The zero-order valence-electron chi connectivity index (χ0n) is 15.9. The van der Waals surface area contributed by atoms with E-state index in [2.05, 4.69) is 24.9 Å². The van der Waals surface area contributed by atoms with E-state index in [9.17, 15) is 19.7 Å². The van der Waals surface area contributed by atoms with Crippen LogP contribution in [0.5, 0.6) is 0 Å². The van der Waals surface area contributed by atoms with Gasteiger partial charge in [-0.05, 0) is 24.8 Å². The fraction of sp³-hybridized carbons (Fsp3) is 0.579. The maximum Gasteiger partial charge on any atom is 0.269 e. The van der Waals surface area contributed by atoms with Crippen LogP contribution in [0, 0.1) is 16.0 Å². The van der Waals surface area contributed by atoms with E-state index in [-0.39, 0.29) is 40.8 Å². The molecule has 0 aliphatic carbocycles. The SMILES string of the molecule is CCC1C(=O)N(C(Cc2ccc([N+](=O)[O-])cc2)C(S)CNC(C)=O)[C@@H]1CC. The summed E-state index contributed by atoms with van der Waals surface area (Å²) in [5.41, 5.74) is 0.934. The highest BCUT2D eigenvalue weighted by Gasteiger charge is 2.49.